The Morgan fingerprint density at radius 3 is 3.13 bits per heavy atom. The van der Waals surface area contributed by atoms with Crippen LogP contribution in [0.3, 0.4) is 0 Å². The predicted octanol–water partition coefficient (Wildman–Crippen LogP) is 1.82. The number of aryl methyl sites for hydroxylation is 2. The van der Waals surface area contributed by atoms with E-state index < -0.39 is 5.97 Å². The first-order valence-electron chi connectivity index (χ1n) is 5.41. The molecule has 1 heterocycles. The van der Waals surface area contributed by atoms with Gasteiger partial charge in [0.2, 0.25) is 0 Å². The second kappa shape index (κ2) is 4.04. The molecule has 2 rings (SSSR count). The lowest BCUT2D eigenvalue weighted by Crippen LogP contribution is -2.21. The van der Waals surface area contributed by atoms with Gasteiger partial charge in [-0.3, -0.25) is 4.79 Å². The monoisotopic (exact) mass is 209 g/mol. The summed E-state index contributed by atoms with van der Waals surface area (Å²) in [5.41, 5.74) is 0.858. The fourth-order valence-corrected chi connectivity index (χ4v) is 1.96. The molecule has 0 amide bonds. The highest BCUT2D eigenvalue weighted by Crippen LogP contribution is 2.26. The molecule has 1 N–H and O–H groups in total. The van der Waals surface area contributed by atoms with Crippen molar-refractivity contribution in [2.45, 2.75) is 39.0 Å². The van der Waals surface area contributed by atoms with Crippen molar-refractivity contribution >= 4 is 5.97 Å². The summed E-state index contributed by atoms with van der Waals surface area (Å²) in [4.78, 5) is 15.2. The highest BCUT2D eigenvalue weighted by Gasteiger charge is 2.28. The smallest absolute Gasteiger partial charge is 0.306 e. The van der Waals surface area contributed by atoms with Crippen molar-refractivity contribution in [2.75, 3.05) is 0 Å². The molecule has 82 valence electrons. The SMILES string of the molecule is CCCc1nc2c(o1)CCC(C(=O)O)C2. The first-order valence-corrected chi connectivity index (χ1v) is 5.41. The predicted molar refractivity (Wildman–Crippen MR) is 53.6 cm³/mol. The molecule has 1 atom stereocenters. The summed E-state index contributed by atoms with van der Waals surface area (Å²) in [6, 6.07) is 0. The maximum Gasteiger partial charge on any atom is 0.306 e. The number of fused-ring (bicyclic) bond motifs is 1. The lowest BCUT2D eigenvalue weighted by atomic mass is 9.90. The summed E-state index contributed by atoms with van der Waals surface area (Å²) >= 11 is 0. The van der Waals surface area contributed by atoms with Crippen LogP contribution in [-0.4, -0.2) is 16.1 Å². The Hall–Kier alpha value is -1.32. The van der Waals surface area contributed by atoms with Gasteiger partial charge in [0.15, 0.2) is 5.89 Å². The van der Waals surface area contributed by atoms with Gasteiger partial charge in [-0.15, -0.1) is 0 Å². The fraction of sp³-hybridized carbons (Fsp3) is 0.636. The number of oxazole rings is 1. The lowest BCUT2D eigenvalue weighted by Gasteiger charge is -2.15. The van der Waals surface area contributed by atoms with E-state index in [0.29, 0.717) is 19.3 Å². The van der Waals surface area contributed by atoms with E-state index in [4.69, 9.17) is 9.52 Å². The quantitative estimate of drug-likeness (QED) is 0.824. The molecule has 4 nitrogen and oxygen atoms in total. The summed E-state index contributed by atoms with van der Waals surface area (Å²) in [7, 11) is 0. The average Bonchev–Trinajstić information content (AvgIpc) is 2.59. The van der Waals surface area contributed by atoms with Crippen molar-refractivity contribution in [3.8, 4) is 0 Å². The van der Waals surface area contributed by atoms with Crippen LogP contribution in [0.5, 0.6) is 0 Å². The van der Waals surface area contributed by atoms with Crippen molar-refractivity contribution < 1.29 is 14.3 Å². The van der Waals surface area contributed by atoms with Gasteiger partial charge in [-0.1, -0.05) is 6.92 Å². The summed E-state index contributed by atoms with van der Waals surface area (Å²) < 4.78 is 5.57. The highest BCUT2D eigenvalue weighted by atomic mass is 16.4. The second-order valence-electron chi connectivity index (χ2n) is 4.01. The van der Waals surface area contributed by atoms with E-state index in [2.05, 4.69) is 11.9 Å². The Morgan fingerprint density at radius 2 is 2.47 bits per heavy atom. The molecule has 1 aromatic heterocycles. The number of rotatable bonds is 3. The number of aliphatic carboxylic acids is 1. The van der Waals surface area contributed by atoms with Crippen LogP contribution in [0.4, 0.5) is 0 Å². The molecule has 0 saturated carbocycles. The van der Waals surface area contributed by atoms with Crippen LogP contribution in [0, 0.1) is 5.92 Å². The van der Waals surface area contributed by atoms with Gasteiger partial charge in [0.25, 0.3) is 0 Å². The summed E-state index contributed by atoms with van der Waals surface area (Å²) in [6.45, 7) is 2.07. The summed E-state index contributed by atoms with van der Waals surface area (Å²) in [6.07, 6.45) is 3.75. The standard InChI is InChI=1S/C11H15NO3/c1-2-3-10-12-8-6-7(11(13)14)4-5-9(8)15-10/h7H,2-6H2,1H3,(H,13,14). The highest BCUT2D eigenvalue weighted by molar-refractivity contribution is 5.70. The molecule has 0 saturated heterocycles. The molecule has 0 bridgehead atoms. The van der Waals surface area contributed by atoms with Gasteiger partial charge in [-0.05, 0) is 12.8 Å². The van der Waals surface area contributed by atoms with Gasteiger partial charge in [0, 0.05) is 19.3 Å². The molecule has 4 heteroatoms. The van der Waals surface area contributed by atoms with Gasteiger partial charge in [-0.2, -0.15) is 0 Å². The van der Waals surface area contributed by atoms with Crippen LogP contribution in [0.25, 0.3) is 0 Å². The summed E-state index contributed by atoms with van der Waals surface area (Å²) in [5, 5.41) is 8.92. The van der Waals surface area contributed by atoms with Gasteiger partial charge < -0.3 is 9.52 Å². The Bertz CT molecular complexity index is 370. The van der Waals surface area contributed by atoms with E-state index >= 15 is 0 Å². The Balaban J connectivity index is 2.15. The van der Waals surface area contributed by atoms with Crippen molar-refractivity contribution in [1.29, 1.82) is 0 Å². The number of carboxylic acids is 1. The Kier molecular flexibility index (Phi) is 2.75. The average molecular weight is 209 g/mol. The van der Waals surface area contributed by atoms with E-state index in [9.17, 15) is 4.79 Å². The van der Waals surface area contributed by atoms with Crippen LogP contribution in [-0.2, 0) is 24.1 Å². The van der Waals surface area contributed by atoms with Gasteiger partial charge >= 0.3 is 5.97 Å². The number of nitrogens with zero attached hydrogens (tertiary/aromatic N) is 1. The largest absolute Gasteiger partial charge is 0.481 e. The lowest BCUT2D eigenvalue weighted by molar-refractivity contribution is -0.142. The molecule has 0 radical (unpaired) electrons. The third-order valence-electron chi connectivity index (χ3n) is 2.80. The Morgan fingerprint density at radius 1 is 1.67 bits per heavy atom. The van der Waals surface area contributed by atoms with Crippen molar-refractivity contribution in [3.05, 3.63) is 17.3 Å². The van der Waals surface area contributed by atoms with Gasteiger partial charge in [0.1, 0.15) is 5.76 Å². The van der Waals surface area contributed by atoms with E-state index in [1.165, 1.54) is 0 Å². The number of hydrogen-bond donors (Lipinski definition) is 1. The summed E-state index contributed by atoms with van der Waals surface area (Å²) in [5.74, 6) is 0.655. The third kappa shape index (κ3) is 2.03. The molecule has 1 aliphatic carbocycles. The minimum Gasteiger partial charge on any atom is -0.481 e. The molecular formula is C11H15NO3. The molecule has 1 aliphatic rings. The minimum atomic E-state index is -0.722. The third-order valence-corrected chi connectivity index (χ3v) is 2.80. The number of carbonyl (C=O) groups is 1. The molecular weight excluding hydrogens is 194 g/mol. The number of hydrogen-bond acceptors (Lipinski definition) is 3. The molecule has 0 aromatic carbocycles. The fourth-order valence-electron chi connectivity index (χ4n) is 1.96. The maximum atomic E-state index is 10.8. The van der Waals surface area contributed by atoms with Gasteiger partial charge in [-0.25, -0.2) is 4.98 Å². The molecule has 0 spiro atoms. The number of aromatic nitrogens is 1. The topological polar surface area (TPSA) is 63.3 Å². The van der Waals surface area contributed by atoms with E-state index in [1.807, 2.05) is 0 Å². The number of carboxylic acid groups (broad SMARTS) is 1. The van der Waals surface area contributed by atoms with Crippen LogP contribution in [0.2, 0.25) is 0 Å². The van der Waals surface area contributed by atoms with E-state index in [1.54, 1.807) is 0 Å². The zero-order valence-electron chi connectivity index (χ0n) is 8.82. The van der Waals surface area contributed by atoms with Crippen LogP contribution in [0.1, 0.15) is 37.1 Å². The van der Waals surface area contributed by atoms with Crippen molar-refractivity contribution in [3.63, 3.8) is 0 Å². The maximum absolute atomic E-state index is 10.8. The van der Waals surface area contributed by atoms with E-state index in [-0.39, 0.29) is 5.92 Å². The first-order chi connectivity index (χ1) is 7.20. The molecule has 1 aromatic rings. The zero-order chi connectivity index (χ0) is 10.8. The normalized spacial score (nSPS) is 19.9. The first kappa shape index (κ1) is 10.2. The van der Waals surface area contributed by atoms with Crippen LogP contribution >= 0.6 is 0 Å². The van der Waals surface area contributed by atoms with Crippen LogP contribution in [0.15, 0.2) is 4.42 Å². The van der Waals surface area contributed by atoms with Crippen molar-refractivity contribution in [2.24, 2.45) is 5.92 Å². The van der Waals surface area contributed by atoms with Crippen molar-refractivity contribution in [1.82, 2.24) is 4.98 Å². The zero-order valence-corrected chi connectivity index (χ0v) is 8.82. The van der Waals surface area contributed by atoms with Crippen LogP contribution < -0.4 is 0 Å². The van der Waals surface area contributed by atoms with E-state index in [0.717, 1.165) is 30.2 Å². The minimum absolute atomic E-state index is 0.280. The molecule has 0 fully saturated rings. The molecule has 1 unspecified atom stereocenters. The molecule has 0 aliphatic heterocycles. The van der Waals surface area contributed by atoms with Gasteiger partial charge in [0.05, 0.1) is 11.6 Å². The second-order valence-corrected chi connectivity index (χ2v) is 4.01. The Labute approximate surface area is 88.3 Å². The molecule has 15 heavy (non-hydrogen) atoms.